The maximum atomic E-state index is 11.0. The first-order chi connectivity index (χ1) is 8.13. The third kappa shape index (κ3) is 1.42. The molecule has 0 heterocycles. The predicted molar refractivity (Wildman–Crippen MR) is 63.3 cm³/mol. The standard InChI is InChI=1S/C14H16O3/c15-12-2-1-6-14(12)7-5-9-3-4-10(13(16)17)8-11(9)14/h3-4,8,12,15H,1-2,5-7H2,(H,16,17). The van der Waals surface area contributed by atoms with Gasteiger partial charge in [-0.15, -0.1) is 0 Å². The van der Waals surface area contributed by atoms with Gasteiger partial charge in [-0.3, -0.25) is 0 Å². The molecule has 3 nitrogen and oxygen atoms in total. The Labute approximate surface area is 100 Å². The molecule has 0 aliphatic heterocycles. The highest BCUT2D eigenvalue weighted by atomic mass is 16.4. The fourth-order valence-corrected chi connectivity index (χ4v) is 3.54. The zero-order valence-electron chi connectivity index (χ0n) is 9.65. The number of fused-ring (bicyclic) bond motifs is 2. The number of benzene rings is 1. The first-order valence-electron chi connectivity index (χ1n) is 6.18. The summed E-state index contributed by atoms with van der Waals surface area (Å²) >= 11 is 0. The molecule has 2 aliphatic rings. The van der Waals surface area contributed by atoms with Gasteiger partial charge in [0.1, 0.15) is 0 Å². The molecule has 0 radical (unpaired) electrons. The van der Waals surface area contributed by atoms with Crippen molar-refractivity contribution in [3.05, 3.63) is 34.9 Å². The van der Waals surface area contributed by atoms with Crippen LogP contribution in [0.3, 0.4) is 0 Å². The van der Waals surface area contributed by atoms with Crippen LogP contribution in [0.15, 0.2) is 18.2 Å². The van der Waals surface area contributed by atoms with Gasteiger partial charge in [0.05, 0.1) is 11.7 Å². The topological polar surface area (TPSA) is 57.5 Å². The summed E-state index contributed by atoms with van der Waals surface area (Å²) in [5, 5.41) is 19.3. The Morgan fingerprint density at radius 3 is 2.82 bits per heavy atom. The molecule has 0 saturated heterocycles. The van der Waals surface area contributed by atoms with Crippen LogP contribution in [0, 0.1) is 0 Å². The quantitative estimate of drug-likeness (QED) is 0.779. The number of carbonyl (C=O) groups is 1. The molecule has 17 heavy (non-hydrogen) atoms. The highest BCUT2D eigenvalue weighted by Gasteiger charge is 2.47. The normalized spacial score (nSPS) is 30.8. The average Bonchev–Trinajstić information content (AvgIpc) is 2.86. The van der Waals surface area contributed by atoms with Gasteiger partial charge in [0.25, 0.3) is 0 Å². The average molecular weight is 232 g/mol. The third-order valence-electron chi connectivity index (χ3n) is 4.47. The van der Waals surface area contributed by atoms with E-state index < -0.39 is 5.97 Å². The molecular weight excluding hydrogens is 216 g/mol. The molecule has 1 saturated carbocycles. The maximum absolute atomic E-state index is 11.0. The number of hydrogen-bond acceptors (Lipinski definition) is 2. The van der Waals surface area contributed by atoms with E-state index in [1.807, 2.05) is 6.07 Å². The number of aliphatic hydroxyl groups excluding tert-OH is 1. The first kappa shape index (κ1) is 10.8. The van der Waals surface area contributed by atoms with Crippen molar-refractivity contribution < 1.29 is 15.0 Å². The Kier molecular flexibility index (Phi) is 2.26. The summed E-state index contributed by atoms with van der Waals surface area (Å²) < 4.78 is 0. The van der Waals surface area contributed by atoms with Gasteiger partial charge in [0.2, 0.25) is 0 Å². The van der Waals surface area contributed by atoms with Crippen LogP contribution in [-0.2, 0) is 11.8 Å². The van der Waals surface area contributed by atoms with E-state index in [0.717, 1.165) is 37.7 Å². The Balaban J connectivity index is 2.12. The molecule has 3 heteroatoms. The van der Waals surface area contributed by atoms with Crippen LogP contribution < -0.4 is 0 Å². The Bertz CT molecular complexity index is 480. The maximum Gasteiger partial charge on any atom is 0.335 e. The van der Waals surface area contributed by atoms with Crippen molar-refractivity contribution in [1.82, 2.24) is 0 Å². The number of aromatic carboxylic acids is 1. The molecule has 2 atom stereocenters. The number of rotatable bonds is 1. The Morgan fingerprint density at radius 2 is 2.18 bits per heavy atom. The summed E-state index contributed by atoms with van der Waals surface area (Å²) in [6.45, 7) is 0. The molecule has 2 N–H and O–H groups in total. The fraction of sp³-hybridized carbons (Fsp3) is 0.500. The molecule has 1 fully saturated rings. The molecule has 0 amide bonds. The van der Waals surface area contributed by atoms with Gasteiger partial charge >= 0.3 is 5.97 Å². The molecule has 90 valence electrons. The summed E-state index contributed by atoms with van der Waals surface area (Å²) in [4.78, 5) is 11.0. The highest BCUT2D eigenvalue weighted by molar-refractivity contribution is 5.88. The lowest BCUT2D eigenvalue weighted by Gasteiger charge is -2.29. The van der Waals surface area contributed by atoms with Gasteiger partial charge in [-0.05, 0) is 55.4 Å². The van der Waals surface area contributed by atoms with E-state index in [-0.39, 0.29) is 11.5 Å². The smallest absolute Gasteiger partial charge is 0.335 e. The predicted octanol–water partition coefficient (Wildman–Crippen LogP) is 2.11. The molecule has 2 unspecified atom stereocenters. The van der Waals surface area contributed by atoms with E-state index in [1.165, 1.54) is 5.56 Å². The van der Waals surface area contributed by atoms with Crippen LogP contribution in [0.2, 0.25) is 0 Å². The molecule has 1 spiro atoms. The van der Waals surface area contributed by atoms with Gasteiger partial charge in [0, 0.05) is 5.41 Å². The van der Waals surface area contributed by atoms with E-state index in [4.69, 9.17) is 5.11 Å². The third-order valence-corrected chi connectivity index (χ3v) is 4.47. The second-order valence-electron chi connectivity index (χ2n) is 5.24. The van der Waals surface area contributed by atoms with Crippen LogP contribution in [0.1, 0.15) is 47.2 Å². The van der Waals surface area contributed by atoms with Crippen molar-refractivity contribution in [1.29, 1.82) is 0 Å². The van der Waals surface area contributed by atoms with Gasteiger partial charge in [-0.1, -0.05) is 6.07 Å². The zero-order valence-corrected chi connectivity index (χ0v) is 9.65. The van der Waals surface area contributed by atoms with Crippen molar-refractivity contribution in [3.8, 4) is 0 Å². The van der Waals surface area contributed by atoms with Crippen molar-refractivity contribution in [2.45, 2.75) is 43.6 Å². The molecule has 3 rings (SSSR count). The molecular formula is C14H16O3. The fourth-order valence-electron chi connectivity index (χ4n) is 3.54. The summed E-state index contributed by atoms with van der Waals surface area (Å²) in [6, 6.07) is 5.36. The lowest BCUT2D eigenvalue weighted by atomic mass is 9.78. The van der Waals surface area contributed by atoms with Crippen molar-refractivity contribution >= 4 is 5.97 Å². The number of aliphatic hydroxyl groups is 1. The minimum atomic E-state index is -0.887. The Hall–Kier alpha value is -1.35. The minimum absolute atomic E-state index is 0.152. The van der Waals surface area contributed by atoms with Crippen molar-refractivity contribution in [3.63, 3.8) is 0 Å². The number of aryl methyl sites for hydroxylation is 1. The first-order valence-corrected chi connectivity index (χ1v) is 6.18. The Morgan fingerprint density at radius 1 is 1.35 bits per heavy atom. The van der Waals surface area contributed by atoms with E-state index in [1.54, 1.807) is 12.1 Å². The van der Waals surface area contributed by atoms with E-state index in [9.17, 15) is 9.90 Å². The van der Waals surface area contributed by atoms with Crippen molar-refractivity contribution in [2.75, 3.05) is 0 Å². The molecule has 0 bridgehead atoms. The minimum Gasteiger partial charge on any atom is -0.478 e. The number of carboxylic acids is 1. The van der Waals surface area contributed by atoms with E-state index in [0.29, 0.717) is 5.56 Å². The lowest BCUT2D eigenvalue weighted by Crippen LogP contribution is -2.32. The SMILES string of the molecule is O=C(O)c1ccc2c(c1)C1(CCCC1O)CC2. The van der Waals surface area contributed by atoms with E-state index >= 15 is 0 Å². The van der Waals surface area contributed by atoms with Gasteiger partial charge in [0.15, 0.2) is 0 Å². The van der Waals surface area contributed by atoms with Crippen LogP contribution >= 0.6 is 0 Å². The molecule has 2 aliphatic carbocycles. The van der Waals surface area contributed by atoms with Gasteiger partial charge < -0.3 is 10.2 Å². The molecule has 1 aromatic rings. The van der Waals surface area contributed by atoms with E-state index in [2.05, 4.69) is 0 Å². The number of carboxylic acid groups (broad SMARTS) is 1. The van der Waals surface area contributed by atoms with Crippen LogP contribution in [0.5, 0.6) is 0 Å². The number of hydrogen-bond donors (Lipinski definition) is 2. The lowest BCUT2D eigenvalue weighted by molar-refractivity contribution is 0.0695. The zero-order chi connectivity index (χ0) is 12.0. The van der Waals surface area contributed by atoms with Crippen LogP contribution in [0.4, 0.5) is 0 Å². The molecule has 0 aromatic heterocycles. The summed E-state index contributed by atoms with van der Waals surface area (Å²) in [6.07, 6.45) is 4.50. The summed E-state index contributed by atoms with van der Waals surface area (Å²) in [5.74, 6) is -0.887. The molecule has 1 aromatic carbocycles. The summed E-state index contributed by atoms with van der Waals surface area (Å²) in [5.41, 5.74) is 2.49. The largest absolute Gasteiger partial charge is 0.478 e. The second kappa shape index (κ2) is 3.57. The highest BCUT2D eigenvalue weighted by Crippen LogP contribution is 2.50. The second-order valence-corrected chi connectivity index (χ2v) is 5.24. The van der Waals surface area contributed by atoms with Gasteiger partial charge in [-0.25, -0.2) is 4.79 Å². The van der Waals surface area contributed by atoms with Crippen LogP contribution in [-0.4, -0.2) is 22.3 Å². The summed E-state index contributed by atoms with van der Waals surface area (Å²) in [7, 11) is 0. The van der Waals surface area contributed by atoms with Crippen molar-refractivity contribution in [2.24, 2.45) is 0 Å². The monoisotopic (exact) mass is 232 g/mol. The van der Waals surface area contributed by atoms with Gasteiger partial charge in [-0.2, -0.15) is 0 Å². The van der Waals surface area contributed by atoms with Crippen LogP contribution in [0.25, 0.3) is 0 Å².